The van der Waals surface area contributed by atoms with Gasteiger partial charge in [0.1, 0.15) is 47.8 Å². The molecule has 0 aromatic carbocycles. The summed E-state index contributed by atoms with van der Waals surface area (Å²) in [5, 5.41) is 10.7. The molecule has 0 spiro atoms. The maximum Gasteiger partial charge on any atom is 0.264 e. The molecule has 0 amide bonds. The fourth-order valence-electron chi connectivity index (χ4n) is 5.45. The monoisotopic (exact) mass is 666 g/mol. The minimum atomic E-state index is -4.63. The van der Waals surface area contributed by atoms with Crippen molar-refractivity contribution in [1.29, 1.82) is 0 Å². The Morgan fingerprint density at radius 3 is 2.38 bits per heavy atom. The summed E-state index contributed by atoms with van der Waals surface area (Å²) in [4.78, 5) is 30.3. The number of aliphatic hydroxyl groups is 1. The quantitative estimate of drug-likeness (QED) is 0.191. The fourth-order valence-corrected chi connectivity index (χ4v) is 7.47. The Kier molecular flexibility index (Phi) is 7.50. The Labute approximate surface area is 252 Å². The third-order valence-corrected chi connectivity index (χ3v) is 9.55. The molecule has 4 aromatic rings. The van der Waals surface area contributed by atoms with Crippen molar-refractivity contribution in [2.75, 3.05) is 18.9 Å². The molecule has 2 unspecified atom stereocenters. The number of aliphatic hydroxyl groups excluding tert-OH is 1. The van der Waals surface area contributed by atoms with Gasteiger partial charge in [0.05, 0.1) is 25.9 Å². The highest BCUT2D eigenvalue weighted by molar-refractivity contribution is 7.79. The molecule has 4 radical (unpaired) electrons. The lowest BCUT2D eigenvalue weighted by molar-refractivity contribution is -0.0558. The van der Waals surface area contributed by atoms with Gasteiger partial charge in [-0.25, -0.2) is 28.7 Å². The highest BCUT2D eigenvalue weighted by atomic mass is 31.2. The standard InChI is InChI=1S/C21H20B2F2N8O10P2/c22-44(36)39-3-9-15(13(34)21(41-9)32-1-7(24)10-17(32)28-5-30-19(10)35)43-45(23,37)38-2-8-14(42-44)11(25)20(40-8)33-6-31-12-16(26)27-4-29-18(12)33/h1,4-6,8-9,11,13-15,20-21,34H,2-3H2,(H2,26,27,29)(H,28,30,35)/t8-,9-,11+,13+,14?,15?,20-,21-,44-,45+/m1/s1. The van der Waals surface area contributed by atoms with E-state index in [2.05, 4.69) is 24.9 Å². The zero-order valence-electron chi connectivity index (χ0n) is 22.5. The summed E-state index contributed by atoms with van der Waals surface area (Å²) in [6, 6.07) is 0. The van der Waals surface area contributed by atoms with Gasteiger partial charge in [0, 0.05) is 6.20 Å². The average Bonchev–Trinajstić information content (AvgIpc) is 3.71. The Bertz CT molecular complexity index is 1950. The van der Waals surface area contributed by atoms with Crippen LogP contribution >= 0.6 is 14.9 Å². The minimum absolute atomic E-state index is 0.0246. The molecule has 3 aliphatic heterocycles. The van der Waals surface area contributed by atoms with Gasteiger partial charge in [-0.05, 0) is 0 Å². The van der Waals surface area contributed by atoms with Crippen molar-refractivity contribution < 1.29 is 50.6 Å². The lowest BCUT2D eigenvalue weighted by Gasteiger charge is -2.30. The Morgan fingerprint density at radius 2 is 1.64 bits per heavy atom. The number of H-pyrrole nitrogens is 1. The second-order valence-electron chi connectivity index (χ2n) is 10.3. The van der Waals surface area contributed by atoms with Crippen molar-refractivity contribution in [3.05, 3.63) is 41.3 Å². The molecule has 18 nitrogen and oxygen atoms in total. The van der Waals surface area contributed by atoms with E-state index in [9.17, 15) is 23.4 Å². The van der Waals surface area contributed by atoms with E-state index in [4.69, 9.17) is 48.4 Å². The SMILES string of the molecule is [B][P@]1(=O)OC[C@H]2O[C@@H](n3cnc4c(N)ncnc43)[C@@H](F)C2O[P@]([B])(=O)OC[C@H]2O[C@@H](n3cc(F)c4c(=O)[nH]cnc43)[C@@H](O)C2O1. The van der Waals surface area contributed by atoms with Gasteiger partial charge >= 0.3 is 0 Å². The van der Waals surface area contributed by atoms with E-state index in [0.717, 1.165) is 23.4 Å². The zero-order chi connectivity index (χ0) is 31.8. The van der Waals surface area contributed by atoms with E-state index in [1.54, 1.807) is 0 Å². The number of aromatic amines is 1. The average molecular weight is 666 g/mol. The number of nitrogens with zero attached hydrogens (tertiary/aromatic N) is 6. The number of rotatable bonds is 2. The summed E-state index contributed by atoms with van der Waals surface area (Å²) in [6.45, 7) is -1.49. The maximum absolute atomic E-state index is 15.9. The third-order valence-electron chi connectivity index (χ3n) is 7.46. The molecular weight excluding hydrogens is 646 g/mol. The van der Waals surface area contributed by atoms with Gasteiger partial charge in [-0.3, -0.25) is 18.5 Å². The van der Waals surface area contributed by atoms with Crippen LogP contribution in [0, 0.1) is 5.82 Å². The van der Waals surface area contributed by atoms with Crippen molar-refractivity contribution >= 4 is 58.1 Å². The lowest BCUT2D eigenvalue weighted by Crippen LogP contribution is -2.38. The zero-order valence-corrected chi connectivity index (χ0v) is 24.3. The van der Waals surface area contributed by atoms with Crippen LogP contribution in [0.4, 0.5) is 14.6 Å². The summed E-state index contributed by atoms with van der Waals surface area (Å²) in [7, 11) is 2.41. The number of ether oxygens (including phenoxy) is 2. The summed E-state index contributed by atoms with van der Waals surface area (Å²) < 4.78 is 92.3. The number of fused-ring (bicyclic) bond motifs is 4. The first-order valence-electron chi connectivity index (χ1n) is 13.1. The van der Waals surface area contributed by atoms with Crippen molar-refractivity contribution in [3.63, 3.8) is 0 Å². The highest BCUT2D eigenvalue weighted by Gasteiger charge is 2.53. The number of nitrogen functional groups attached to an aromatic ring is 1. The molecule has 3 aliphatic rings. The summed E-state index contributed by atoms with van der Waals surface area (Å²) in [6.07, 6.45) is -8.86. The van der Waals surface area contributed by atoms with Crippen molar-refractivity contribution in [3.8, 4) is 0 Å². The second-order valence-corrected chi connectivity index (χ2v) is 13.4. The van der Waals surface area contributed by atoms with Crippen LogP contribution < -0.4 is 11.3 Å². The second kappa shape index (κ2) is 11.0. The summed E-state index contributed by atoms with van der Waals surface area (Å²) >= 11 is 0. The number of aromatic nitrogens is 7. The molecule has 10 atom stereocenters. The number of halogens is 2. The van der Waals surface area contributed by atoms with Gasteiger partial charge in [-0.1, -0.05) is 0 Å². The molecule has 0 bridgehead atoms. The smallest absolute Gasteiger partial charge is 0.264 e. The van der Waals surface area contributed by atoms with Crippen molar-refractivity contribution in [1.82, 2.24) is 34.1 Å². The number of nitrogens with one attached hydrogen (secondary N) is 1. The molecule has 234 valence electrons. The van der Waals surface area contributed by atoms with Crippen LogP contribution in [0.5, 0.6) is 0 Å². The first-order valence-corrected chi connectivity index (χ1v) is 16.3. The highest BCUT2D eigenvalue weighted by Crippen LogP contribution is 2.53. The molecule has 45 heavy (non-hydrogen) atoms. The third kappa shape index (κ3) is 5.33. The van der Waals surface area contributed by atoms with E-state index >= 15 is 4.39 Å². The van der Waals surface area contributed by atoms with Crippen LogP contribution in [0.3, 0.4) is 0 Å². The van der Waals surface area contributed by atoms with Crippen LogP contribution in [0.25, 0.3) is 22.2 Å². The molecule has 7 rings (SSSR count). The normalized spacial score (nSPS) is 37.7. The molecular formula is C21H20B2F2N8O10P2. The van der Waals surface area contributed by atoms with Crippen LogP contribution in [0.15, 0.2) is 30.0 Å². The van der Waals surface area contributed by atoms with Gasteiger partial charge in [0.25, 0.3) is 20.5 Å². The predicted octanol–water partition coefficient (Wildman–Crippen LogP) is 0.150. The van der Waals surface area contributed by atoms with E-state index in [1.165, 1.54) is 10.9 Å². The summed E-state index contributed by atoms with van der Waals surface area (Å²) in [5.41, 5.74) is 5.08. The fraction of sp³-hybridized carbons (Fsp3) is 0.476. The molecule has 3 saturated heterocycles. The largest absolute Gasteiger partial charge is 0.386 e. The number of hydrogen-bond donors (Lipinski definition) is 3. The number of alkyl halides is 1. The van der Waals surface area contributed by atoms with Gasteiger partial charge < -0.3 is 48.0 Å². The maximum atomic E-state index is 15.9. The molecule has 4 N–H and O–H groups in total. The van der Waals surface area contributed by atoms with Gasteiger partial charge in [-0.15, -0.1) is 0 Å². The molecule has 4 aromatic heterocycles. The first-order chi connectivity index (χ1) is 21.3. The number of imidazole rings is 1. The molecule has 3 fully saturated rings. The topological polar surface area (TPSA) is 230 Å². The van der Waals surface area contributed by atoms with E-state index in [0.29, 0.717) is 0 Å². The van der Waals surface area contributed by atoms with Crippen LogP contribution in [0.1, 0.15) is 12.5 Å². The van der Waals surface area contributed by atoms with Crippen LogP contribution in [-0.4, -0.2) is 104 Å². The van der Waals surface area contributed by atoms with E-state index < -0.39 is 94.1 Å². The Morgan fingerprint density at radius 1 is 0.978 bits per heavy atom. The van der Waals surface area contributed by atoms with Crippen LogP contribution in [0.2, 0.25) is 0 Å². The van der Waals surface area contributed by atoms with Crippen molar-refractivity contribution in [2.45, 2.75) is 49.1 Å². The molecule has 24 heteroatoms. The minimum Gasteiger partial charge on any atom is -0.386 e. The number of hydrogen-bond acceptors (Lipinski definition) is 15. The molecule has 7 heterocycles. The van der Waals surface area contributed by atoms with Gasteiger partial charge in [-0.2, -0.15) is 0 Å². The number of nitrogens with two attached hydrogens (primary N) is 1. The Balaban J connectivity index is 1.17. The van der Waals surface area contributed by atoms with E-state index in [-0.39, 0.29) is 22.6 Å². The first kappa shape index (κ1) is 30.6. The summed E-state index contributed by atoms with van der Waals surface area (Å²) in [5.74, 6) is -0.951. The van der Waals surface area contributed by atoms with E-state index in [1.807, 2.05) is 0 Å². The Hall–Kier alpha value is -3.06. The predicted molar refractivity (Wildman–Crippen MR) is 147 cm³/mol. The molecule has 0 aliphatic carbocycles. The van der Waals surface area contributed by atoms with Crippen molar-refractivity contribution in [2.24, 2.45) is 0 Å². The lowest BCUT2D eigenvalue weighted by atomic mass is 10.1. The van der Waals surface area contributed by atoms with Gasteiger partial charge in [0.15, 0.2) is 41.6 Å². The van der Waals surface area contributed by atoms with Gasteiger partial charge in [0.2, 0.25) is 15.1 Å². The van der Waals surface area contributed by atoms with Crippen LogP contribution in [-0.2, 0) is 36.7 Å². The molecule has 0 saturated carbocycles. The number of anilines is 1.